The smallest absolute Gasteiger partial charge is 0.325 e. The van der Waals surface area contributed by atoms with Crippen LogP contribution >= 0.6 is 0 Å². The average Bonchev–Trinajstić information content (AvgIpc) is 2.38. The van der Waals surface area contributed by atoms with Crippen molar-refractivity contribution in [3.8, 4) is 0 Å². The molecule has 0 N–H and O–H groups in total. The van der Waals surface area contributed by atoms with Gasteiger partial charge in [-0.3, -0.25) is 0 Å². The van der Waals surface area contributed by atoms with E-state index in [4.69, 9.17) is 22.1 Å². The predicted octanol–water partition coefficient (Wildman–Crippen LogP) is -0.666. The highest BCUT2D eigenvalue weighted by molar-refractivity contribution is 6.69. The van der Waals surface area contributed by atoms with Crippen molar-refractivity contribution in [3.05, 3.63) is 0 Å². The van der Waals surface area contributed by atoms with Crippen molar-refractivity contribution in [2.75, 3.05) is 49.8 Å². The Labute approximate surface area is 116 Å². The molecule has 0 rings (SSSR count). The number of rotatable bonds is 9. The summed E-state index contributed by atoms with van der Waals surface area (Å²) in [4.78, 5) is 0. The fourth-order valence-corrected chi connectivity index (χ4v) is 9.74. The van der Waals surface area contributed by atoms with E-state index in [0.29, 0.717) is 5.16 Å². The molecule has 0 spiro atoms. The first-order chi connectivity index (χ1) is 8.66. The van der Waals surface area contributed by atoms with Crippen LogP contribution in [0.1, 0.15) is 0 Å². The van der Waals surface area contributed by atoms with E-state index in [0.717, 1.165) is 6.04 Å². The summed E-state index contributed by atoms with van der Waals surface area (Å²) in [6.45, 7) is 0. The van der Waals surface area contributed by atoms with Crippen LogP contribution in [0, 0.1) is 0 Å². The maximum Gasteiger partial charge on any atom is 0.325 e. The molecule has 0 radical (unpaired) electrons. The van der Waals surface area contributed by atoms with Crippen molar-refractivity contribution in [3.63, 3.8) is 0 Å². The lowest BCUT2D eigenvalue weighted by Gasteiger charge is -2.26. The Kier molecular flexibility index (Phi) is 17.8. The van der Waals surface area contributed by atoms with Crippen molar-refractivity contribution >= 4 is 28.3 Å². The van der Waals surface area contributed by atoms with Crippen molar-refractivity contribution in [2.24, 2.45) is 0 Å². The van der Waals surface area contributed by atoms with Crippen LogP contribution in [0.2, 0.25) is 11.2 Å². The lowest BCUT2D eigenvalue weighted by atomic mass is 10.9. The Morgan fingerprint density at radius 3 is 1.33 bits per heavy atom. The number of ether oxygens (including phenoxy) is 1. The molecule has 0 atom stereocenters. The lowest BCUT2D eigenvalue weighted by Crippen LogP contribution is -2.40. The van der Waals surface area contributed by atoms with Gasteiger partial charge in [0, 0.05) is 54.9 Å². The van der Waals surface area contributed by atoms with E-state index in [1.807, 2.05) is 0 Å². The van der Waals surface area contributed by atoms with Crippen LogP contribution in [0.15, 0.2) is 0 Å². The largest absolute Gasteiger partial charge is 0.427 e. The molecule has 0 aromatic heterocycles. The molecule has 0 unspecified atom stereocenters. The van der Waals surface area contributed by atoms with Gasteiger partial charge < -0.3 is 26.9 Å². The maximum absolute atomic E-state index is 5.40. The number of hydrogen-bond donors (Lipinski definition) is 0. The second-order valence-electron chi connectivity index (χ2n) is 3.53. The number of hydrogen-bond acceptors (Lipinski definition) is 6. The second kappa shape index (κ2) is 15.5. The molecule has 0 aliphatic carbocycles. The summed E-state index contributed by atoms with van der Waals surface area (Å²) in [7, 11) is 7.94. The van der Waals surface area contributed by atoms with E-state index >= 15 is 0 Å². The molecule has 0 aliphatic rings. The molecule has 0 bridgehead atoms. The number of methoxy groups -OCH3 is 1. The summed E-state index contributed by atoms with van der Waals surface area (Å²) in [5.41, 5.74) is 0. The van der Waals surface area contributed by atoms with Gasteiger partial charge in [-0.05, 0) is 6.04 Å². The first-order valence-electron chi connectivity index (χ1n) is 5.66. The second-order valence-corrected chi connectivity index (χ2v) is 10.9. The van der Waals surface area contributed by atoms with Crippen LogP contribution in [0.3, 0.4) is 0 Å². The van der Waals surface area contributed by atoms with Crippen LogP contribution < -0.4 is 0 Å². The van der Waals surface area contributed by atoms with Crippen LogP contribution in [0.25, 0.3) is 0 Å². The Hall–Kier alpha value is 0.411. The molecule has 0 fully saturated rings. The topological polar surface area (TPSA) is 55.4 Å². The summed E-state index contributed by atoms with van der Waals surface area (Å²) in [5.74, 6) is 0. The molecule has 0 aromatic carbocycles. The van der Waals surface area contributed by atoms with E-state index in [1.165, 1.54) is 0 Å². The zero-order valence-corrected chi connectivity index (χ0v) is 16.3. The fraction of sp³-hybridized carbons (Fsp3) is 1.00. The van der Waals surface area contributed by atoms with Gasteiger partial charge in [-0.25, -0.2) is 0 Å². The van der Waals surface area contributed by atoms with Gasteiger partial charge in [-0.15, -0.1) is 0 Å². The quantitative estimate of drug-likeness (QED) is 0.526. The zero-order valence-electron chi connectivity index (χ0n) is 12.6. The zero-order chi connectivity index (χ0) is 14.4. The lowest BCUT2D eigenvalue weighted by molar-refractivity contribution is 0.244. The van der Waals surface area contributed by atoms with Gasteiger partial charge in [0.15, 0.2) is 9.76 Å². The molecule has 0 aliphatic heterocycles. The monoisotopic (exact) mass is 316 g/mol. The molecule has 18 heavy (non-hydrogen) atoms. The minimum Gasteiger partial charge on any atom is -0.427 e. The Balaban J connectivity index is 0. The molecule has 9 heteroatoms. The summed E-state index contributed by atoms with van der Waals surface area (Å²) in [5, 5.41) is 0.321. The molecular weight excluding hydrogens is 288 g/mol. The van der Waals surface area contributed by atoms with Gasteiger partial charge in [-0.2, -0.15) is 0 Å². The minimum absolute atomic E-state index is 0.321. The average molecular weight is 317 g/mol. The molecule has 0 heterocycles. The third-order valence-corrected chi connectivity index (χ3v) is 10.7. The summed E-state index contributed by atoms with van der Waals surface area (Å²) < 4.78 is 31.1. The highest BCUT2D eigenvalue weighted by Gasteiger charge is 2.35. The van der Waals surface area contributed by atoms with Crippen LogP contribution in [-0.4, -0.2) is 78.1 Å². The van der Waals surface area contributed by atoms with E-state index in [2.05, 4.69) is 4.74 Å². The van der Waals surface area contributed by atoms with Crippen molar-refractivity contribution < 1.29 is 26.9 Å². The molecule has 0 aromatic rings. The van der Waals surface area contributed by atoms with E-state index < -0.39 is 28.3 Å². The van der Waals surface area contributed by atoms with Crippen molar-refractivity contribution in [2.45, 2.75) is 11.2 Å². The van der Waals surface area contributed by atoms with Gasteiger partial charge in [0.05, 0.1) is 0 Å². The highest BCUT2D eigenvalue weighted by atomic mass is 28.4. The maximum atomic E-state index is 5.40. The highest BCUT2D eigenvalue weighted by Crippen LogP contribution is 2.21. The van der Waals surface area contributed by atoms with Gasteiger partial charge in [0.25, 0.3) is 0 Å². The third kappa shape index (κ3) is 9.36. The summed E-state index contributed by atoms with van der Waals surface area (Å²) in [6.07, 6.45) is 0. The van der Waals surface area contributed by atoms with E-state index in [-0.39, 0.29) is 0 Å². The van der Waals surface area contributed by atoms with Crippen molar-refractivity contribution in [1.29, 1.82) is 0 Å². The molecule has 0 amide bonds. The fourth-order valence-electron chi connectivity index (χ4n) is 1.55. The molecule has 112 valence electrons. The SMILES string of the molecule is COC.CO[SiH2]CC([SiH](OC)OC)[SiH](OC)OC. The Bertz CT molecular complexity index is 145. The van der Waals surface area contributed by atoms with E-state index in [9.17, 15) is 0 Å². The van der Waals surface area contributed by atoms with Crippen LogP contribution in [0.4, 0.5) is 0 Å². The molecule has 6 nitrogen and oxygen atoms in total. The van der Waals surface area contributed by atoms with Crippen LogP contribution in [-0.2, 0) is 26.9 Å². The standard InChI is InChI=1S/C7H22O5Si3.C2H6O/c1-8-13-6-7(14(9-2)10-3)15(11-4)12-5;1-3-2/h7,14-15H,6,13H2,1-5H3;1-2H3. The van der Waals surface area contributed by atoms with Gasteiger partial charge in [-0.1, -0.05) is 0 Å². The predicted molar refractivity (Wildman–Crippen MR) is 79.4 cm³/mol. The molecular formula is C9H28O6Si3. The molecule has 0 saturated carbocycles. The van der Waals surface area contributed by atoms with Gasteiger partial charge in [0.1, 0.15) is 0 Å². The first-order valence-corrected chi connectivity index (χ1v) is 10.5. The Morgan fingerprint density at radius 1 is 0.778 bits per heavy atom. The van der Waals surface area contributed by atoms with Gasteiger partial charge in [0.2, 0.25) is 0 Å². The minimum atomic E-state index is -1.67. The molecule has 0 saturated heterocycles. The van der Waals surface area contributed by atoms with E-state index in [1.54, 1.807) is 49.8 Å². The summed E-state index contributed by atoms with van der Waals surface area (Å²) >= 11 is 0. The van der Waals surface area contributed by atoms with Gasteiger partial charge >= 0.3 is 18.6 Å². The summed E-state index contributed by atoms with van der Waals surface area (Å²) in [6, 6.07) is 1.01. The first kappa shape index (κ1) is 20.7. The normalized spacial score (nSPS) is 11.7. The van der Waals surface area contributed by atoms with Crippen molar-refractivity contribution in [1.82, 2.24) is 0 Å². The third-order valence-electron chi connectivity index (χ3n) is 2.28. The van der Waals surface area contributed by atoms with Crippen LogP contribution in [0.5, 0.6) is 0 Å². The Morgan fingerprint density at radius 2 is 1.11 bits per heavy atom.